The van der Waals surface area contributed by atoms with Crippen LogP contribution in [0.25, 0.3) is 0 Å². The Morgan fingerprint density at radius 1 is 1.30 bits per heavy atom. The van der Waals surface area contributed by atoms with Crippen molar-refractivity contribution in [1.29, 1.82) is 5.26 Å². The lowest BCUT2D eigenvalue weighted by atomic mass is 9.84. The Kier molecular flexibility index (Phi) is 3.18. The molecule has 1 aliphatic rings. The predicted octanol–water partition coefficient (Wildman–Crippen LogP) is 2.35. The summed E-state index contributed by atoms with van der Waals surface area (Å²) in [5, 5.41) is 24.0. The Balaban J connectivity index is 2.26. The van der Waals surface area contributed by atoms with E-state index < -0.39 is 17.8 Å². The van der Waals surface area contributed by atoms with Gasteiger partial charge in [-0.1, -0.05) is 12.1 Å². The number of ether oxygens (including phenoxy) is 1. The molecule has 0 radical (unpaired) electrons. The molecule has 0 aliphatic carbocycles. The van der Waals surface area contributed by atoms with Crippen molar-refractivity contribution in [3.8, 4) is 17.7 Å². The molecule has 118 valence electrons. The molecule has 0 amide bonds. The van der Waals surface area contributed by atoms with Crippen LogP contribution in [-0.4, -0.2) is 15.3 Å². The lowest BCUT2D eigenvalue weighted by molar-refractivity contribution is -0.141. The standard InChI is InChI=1S/C14H9F3N4O2/c15-14(16,17)11-10-9(6-1-3-7(22)4-2-6)8(5-18)12(19)23-13(10)21-20-11/h1-4,9,22H,19H2,(H,20,21). The number of hydrogen-bond donors (Lipinski definition) is 3. The van der Waals surface area contributed by atoms with Gasteiger partial charge < -0.3 is 15.6 Å². The summed E-state index contributed by atoms with van der Waals surface area (Å²) in [5.41, 5.74) is 4.40. The highest BCUT2D eigenvalue weighted by Crippen LogP contribution is 2.46. The van der Waals surface area contributed by atoms with E-state index in [4.69, 9.17) is 10.5 Å². The third-order valence-corrected chi connectivity index (χ3v) is 3.45. The van der Waals surface area contributed by atoms with Gasteiger partial charge in [0.15, 0.2) is 0 Å². The number of nitriles is 1. The van der Waals surface area contributed by atoms with Crippen LogP contribution in [0.2, 0.25) is 0 Å². The van der Waals surface area contributed by atoms with Gasteiger partial charge >= 0.3 is 6.18 Å². The fraction of sp³-hybridized carbons (Fsp3) is 0.143. The van der Waals surface area contributed by atoms with E-state index in [1.165, 1.54) is 24.3 Å². The zero-order valence-electron chi connectivity index (χ0n) is 11.3. The number of aromatic amines is 1. The Labute approximate surface area is 127 Å². The van der Waals surface area contributed by atoms with Gasteiger partial charge in [0, 0.05) is 0 Å². The van der Waals surface area contributed by atoms with Crippen molar-refractivity contribution in [3.63, 3.8) is 0 Å². The minimum absolute atomic E-state index is 0.0558. The normalized spacial score (nSPS) is 17.4. The summed E-state index contributed by atoms with van der Waals surface area (Å²) < 4.78 is 44.6. The van der Waals surface area contributed by atoms with Crippen LogP contribution in [0.4, 0.5) is 13.2 Å². The summed E-state index contributed by atoms with van der Waals surface area (Å²) in [5.74, 6) is -1.79. The van der Waals surface area contributed by atoms with Gasteiger partial charge in [0.25, 0.3) is 0 Å². The van der Waals surface area contributed by atoms with Gasteiger partial charge in [-0.3, -0.25) is 5.10 Å². The van der Waals surface area contributed by atoms with Gasteiger partial charge in [-0.15, -0.1) is 5.10 Å². The molecule has 4 N–H and O–H groups in total. The number of fused-ring (bicyclic) bond motifs is 1. The summed E-state index contributed by atoms with van der Waals surface area (Å²) >= 11 is 0. The minimum Gasteiger partial charge on any atom is -0.508 e. The summed E-state index contributed by atoms with van der Waals surface area (Å²) in [7, 11) is 0. The highest BCUT2D eigenvalue weighted by atomic mass is 19.4. The van der Waals surface area contributed by atoms with E-state index in [1.807, 2.05) is 5.10 Å². The van der Waals surface area contributed by atoms with Crippen molar-refractivity contribution in [2.75, 3.05) is 0 Å². The SMILES string of the molecule is N#CC1=C(N)Oc2n[nH]c(C(F)(F)F)c2C1c1ccc(O)cc1. The average molecular weight is 322 g/mol. The Hall–Kier alpha value is -3.15. The Bertz CT molecular complexity index is 831. The van der Waals surface area contributed by atoms with Crippen LogP contribution in [0.3, 0.4) is 0 Å². The first-order valence-electron chi connectivity index (χ1n) is 6.35. The van der Waals surface area contributed by atoms with E-state index in [9.17, 15) is 23.5 Å². The van der Waals surface area contributed by atoms with Gasteiger partial charge in [-0.25, -0.2) is 0 Å². The highest BCUT2D eigenvalue weighted by Gasteiger charge is 2.44. The smallest absolute Gasteiger partial charge is 0.433 e. The molecule has 9 heteroatoms. The lowest BCUT2D eigenvalue weighted by Crippen LogP contribution is -2.22. The number of hydrogen-bond acceptors (Lipinski definition) is 5. The maximum atomic E-state index is 13.2. The molecule has 23 heavy (non-hydrogen) atoms. The third-order valence-electron chi connectivity index (χ3n) is 3.45. The maximum Gasteiger partial charge on any atom is 0.433 e. The zero-order chi connectivity index (χ0) is 16.8. The van der Waals surface area contributed by atoms with Crippen molar-refractivity contribution in [2.45, 2.75) is 12.1 Å². The van der Waals surface area contributed by atoms with Crippen molar-refractivity contribution in [3.05, 3.63) is 52.5 Å². The average Bonchev–Trinajstić information content (AvgIpc) is 2.90. The number of phenols is 1. The van der Waals surface area contributed by atoms with E-state index in [2.05, 4.69) is 5.10 Å². The van der Waals surface area contributed by atoms with Gasteiger partial charge in [0.2, 0.25) is 11.8 Å². The molecule has 1 aromatic heterocycles. The topological polar surface area (TPSA) is 108 Å². The second-order valence-electron chi connectivity index (χ2n) is 4.83. The zero-order valence-corrected chi connectivity index (χ0v) is 11.3. The largest absolute Gasteiger partial charge is 0.508 e. The van der Waals surface area contributed by atoms with Crippen LogP contribution < -0.4 is 10.5 Å². The molecule has 2 aromatic rings. The van der Waals surface area contributed by atoms with Crippen LogP contribution in [0, 0.1) is 11.3 Å². The fourth-order valence-corrected chi connectivity index (χ4v) is 2.46. The first-order valence-corrected chi connectivity index (χ1v) is 6.35. The lowest BCUT2D eigenvalue weighted by Gasteiger charge is -2.24. The van der Waals surface area contributed by atoms with Crippen LogP contribution in [0.5, 0.6) is 11.6 Å². The first-order chi connectivity index (χ1) is 10.8. The summed E-state index contributed by atoms with van der Waals surface area (Å²) in [6.45, 7) is 0. The number of halogens is 3. The van der Waals surface area contributed by atoms with E-state index in [0.29, 0.717) is 5.56 Å². The number of aromatic nitrogens is 2. The van der Waals surface area contributed by atoms with Crippen LogP contribution in [-0.2, 0) is 6.18 Å². The number of allylic oxidation sites excluding steroid dienone is 1. The Morgan fingerprint density at radius 3 is 2.52 bits per heavy atom. The van der Waals surface area contributed by atoms with Crippen molar-refractivity contribution >= 4 is 0 Å². The van der Waals surface area contributed by atoms with Gasteiger partial charge in [0.1, 0.15) is 23.1 Å². The summed E-state index contributed by atoms with van der Waals surface area (Å²) in [6, 6.07) is 7.22. The first kappa shape index (κ1) is 14.8. The summed E-state index contributed by atoms with van der Waals surface area (Å²) in [4.78, 5) is 0. The molecular weight excluding hydrogens is 313 g/mol. The molecule has 1 atom stereocenters. The molecule has 6 nitrogen and oxygen atoms in total. The van der Waals surface area contributed by atoms with Crippen LogP contribution >= 0.6 is 0 Å². The van der Waals surface area contributed by atoms with Crippen molar-refractivity contribution in [1.82, 2.24) is 10.2 Å². The highest BCUT2D eigenvalue weighted by molar-refractivity contribution is 5.55. The molecule has 0 fully saturated rings. The molecule has 0 bridgehead atoms. The van der Waals surface area contributed by atoms with Crippen molar-refractivity contribution < 1.29 is 23.0 Å². The van der Waals surface area contributed by atoms with Gasteiger partial charge in [0.05, 0.1) is 11.5 Å². The molecule has 0 saturated heterocycles. The van der Waals surface area contributed by atoms with E-state index in [0.717, 1.165) is 0 Å². The van der Waals surface area contributed by atoms with E-state index in [1.54, 1.807) is 6.07 Å². The molecule has 1 aliphatic heterocycles. The molecule has 3 rings (SSSR count). The third kappa shape index (κ3) is 2.34. The monoisotopic (exact) mass is 322 g/mol. The predicted molar refractivity (Wildman–Crippen MR) is 71.0 cm³/mol. The maximum absolute atomic E-state index is 13.2. The molecule has 1 unspecified atom stereocenters. The van der Waals surface area contributed by atoms with Crippen molar-refractivity contribution in [2.24, 2.45) is 5.73 Å². The molecule has 1 aromatic carbocycles. The number of aromatic hydroxyl groups is 1. The van der Waals surface area contributed by atoms with Gasteiger partial charge in [-0.2, -0.15) is 18.4 Å². The molecule has 0 saturated carbocycles. The minimum atomic E-state index is -4.70. The number of nitrogens with zero attached hydrogens (tertiary/aromatic N) is 2. The molecular formula is C14H9F3N4O2. The van der Waals surface area contributed by atoms with Crippen LogP contribution in [0.1, 0.15) is 22.7 Å². The fourth-order valence-electron chi connectivity index (χ4n) is 2.46. The number of phenolic OH excluding ortho intramolecular Hbond substituents is 1. The number of alkyl halides is 3. The quantitative estimate of drug-likeness (QED) is 0.747. The van der Waals surface area contributed by atoms with Gasteiger partial charge in [-0.05, 0) is 17.7 Å². The second kappa shape index (κ2) is 4.95. The number of benzene rings is 1. The number of H-pyrrole nitrogens is 1. The van der Waals surface area contributed by atoms with E-state index in [-0.39, 0.29) is 28.6 Å². The summed E-state index contributed by atoms with van der Waals surface area (Å²) in [6.07, 6.45) is -4.70. The number of rotatable bonds is 1. The number of nitrogens with one attached hydrogen (secondary N) is 1. The second-order valence-corrected chi connectivity index (χ2v) is 4.83. The Morgan fingerprint density at radius 2 is 1.96 bits per heavy atom. The molecule has 0 spiro atoms. The number of nitrogens with two attached hydrogens (primary N) is 1. The van der Waals surface area contributed by atoms with Crippen LogP contribution in [0.15, 0.2) is 35.7 Å². The van der Waals surface area contributed by atoms with E-state index >= 15 is 0 Å². The molecule has 2 heterocycles.